The summed E-state index contributed by atoms with van der Waals surface area (Å²) in [5, 5.41) is 5.93. The fraction of sp³-hybridized carbons (Fsp3) is 0.222. The number of thioether (sulfide) groups is 1. The summed E-state index contributed by atoms with van der Waals surface area (Å²) in [4.78, 5) is 24.0. The predicted octanol–water partition coefficient (Wildman–Crippen LogP) is 5.51. The first-order chi connectivity index (χ1) is 12.8. The van der Waals surface area contributed by atoms with Crippen LogP contribution in [0.1, 0.15) is 24.9 Å². The molecule has 0 saturated carbocycles. The molecule has 4 nitrogen and oxygen atoms in total. The van der Waals surface area contributed by atoms with E-state index in [4.69, 9.17) is 23.2 Å². The summed E-state index contributed by atoms with van der Waals surface area (Å²) >= 11 is 12.1. The van der Waals surface area contributed by atoms with E-state index in [2.05, 4.69) is 10.6 Å². The van der Waals surface area contributed by atoms with Gasteiger partial charge >= 0.3 is 0 Å². The lowest BCUT2D eigenvalue weighted by Crippen LogP contribution is -2.29. The molecule has 0 bridgehead atoms. The van der Waals surface area contributed by atoms with Gasteiger partial charge in [0.2, 0.25) is 11.8 Å². The Balaban J connectivity index is 2.17. The highest BCUT2D eigenvalue weighted by Gasteiger charge is 2.20. The molecule has 0 spiro atoms. The van der Waals surface area contributed by atoms with Crippen LogP contribution in [0.2, 0.25) is 10.0 Å². The van der Waals surface area contributed by atoms with Crippen LogP contribution in [0.25, 0.3) is 0 Å². The number of halogens is 4. The zero-order chi connectivity index (χ0) is 20.0. The molecule has 0 aliphatic carbocycles. The molecular formula is C18H16Cl2F2N2O2S. The molecule has 0 saturated heterocycles. The average molecular weight is 433 g/mol. The Morgan fingerprint density at radius 3 is 2.37 bits per heavy atom. The van der Waals surface area contributed by atoms with Gasteiger partial charge in [-0.3, -0.25) is 9.59 Å². The van der Waals surface area contributed by atoms with Crippen molar-refractivity contribution in [3.63, 3.8) is 0 Å². The van der Waals surface area contributed by atoms with Gasteiger partial charge in [-0.1, -0.05) is 53.2 Å². The van der Waals surface area contributed by atoms with Crippen LogP contribution in [0.4, 0.5) is 14.5 Å². The van der Waals surface area contributed by atoms with E-state index in [1.807, 2.05) is 0 Å². The summed E-state index contributed by atoms with van der Waals surface area (Å²) in [6, 6.07) is 10.6. The number of carbonyl (C=O) groups is 2. The first-order valence-corrected chi connectivity index (χ1v) is 9.45. The Hall–Kier alpha value is -1.83. The van der Waals surface area contributed by atoms with Crippen LogP contribution in [0.5, 0.6) is 0 Å². The molecule has 144 valence electrons. The number of amides is 2. The molecule has 0 radical (unpaired) electrons. The number of alkyl halides is 2. The number of hydrogen-bond acceptors (Lipinski definition) is 3. The van der Waals surface area contributed by atoms with E-state index in [9.17, 15) is 18.4 Å². The molecule has 2 aromatic carbocycles. The van der Waals surface area contributed by atoms with Crippen LogP contribution in [-0.4, -0.2) is 17.6 Å². The highest BCUT2D eigenvalue weighted by molar-refractivity contribution is 7.99. The summed E-state index contributed by atoms with van der Waals surface area (Å²) in [7, 11) is 0. The first-order valence-electron chi connectivity index (χ1n) is 7.82. The molecule has 0 aliphatic heterocycles. The Morgan fingerprint density at radius 2 is 1.78 bits per heavy atom. The standard InChI is InChI=1S/C18H16Cl2F2N2O2S/c1-10(25)23-15(11-5-7-12(19)8-6-11)9-16(26)24-14-4-2-3-13(20)17(14)27-18(21)22/h2-8,15,18H,9H2,1H3,(H,23,25)(H,24,26). The van der Waals surface area contributed by atoms with Gasteiger partial charge in [0.15, 0.2) is 0 Å². The SMILES string of the molecule is CC(=O)NC(CC(=O)Nc1cccc(Cl)c1SC(F)F)c1ccc(Cl)cc1. The number of benzene rings is 2. The zero-order valence-corrected chi connectivity index (χ0v) is 16.5. The zero-order valence-electron chi connectivity index (χ0n) is 14.1. The van der Waals surface area contributed by atoms with Crippen molar-refractivity contribution in [1.29, 1.82) is 0 Å². The second-order valence-corrected chi connectivity index (χ2v) is 7.40. The van der Waals surface area contributed by atoms with Gasteiger partial charge in [-0.05, 0) is 29.8 Å². The largest absolute Gasteiger partial charge is 0.349 e. The highest BCUT2D eigenvalue weighted by Crippen LogP contribution is 2.37. The summed E-state index contributed by atoms with van der Waals surface area (Å²) in [5.41, 5.74) is 0.883. The lowest BCUT2D eigenvalue weighted by molar-refractivity contribution is -0.120. The van der Waals surface area contributed by atoms with E-state index >= 15 is 0 Å². The minimum absolute atomic E-state index is 0.0880. The number of hydrogen-bond donors (Lipinski definition) is 2. The van der Waals surface area contributed by atoms with Crippen LogP contribution >= 0.6 is 35.0 Å². The van der Waals surface area contributed by atoms with Gasteiger partial charge < -0.3 is 10.6 Å². The molecule has 1 atom stereocenters. The monoisotopic (exact) mass is 432 g/mol. The Morgan fingerprint density at radius 1 is 1.11 bits per heavy atom. The third kappa shape index (κ3) is 6.68. The van der Waals surface area contributed by atoms with E-state index in [0.29, 0.717) is 10.6 Å². The summed E-state index contributed by atoms with van der Waals surface area (Å²) in [5.74, 6) is -3.44. The molecule has 2 N–H and O–H groups in total. The van der Waals surface area contributed by atoms with E-state index in [1.54, 1.807) is 30.3 Å². The molecule has 0 fully saturated rings. The normalized spacial score (nSPS) is 11.9. The number of anilines is 1. The fourth-order valence-electron chi connectivity index (χ4n) is 2.40. The van der Waals surface area contributed by atoms with Crippen LogP contribution in [0.3, 0.4) is 0 Å². The third-order valence-electron chi connectivity index (χ3n) is 3.49. The van der Waals surface area contributed by atoms with Gasteiger partial charge in [0.25, 0.3) is 5.76 Å². The number of carbonyl (C=O) groups excluding carboxylic acids is 2. The Labute approximate surface area is 169 Å². The quantitative estimate of drug-likeness (QED) is 0.566. The van der Waals surface area contributed by atoms with Gasteiger partial charge in [0.05, 0.1) is 28.1 Å². The van der Waals surface area contributed by atoms with E-state index in [-0.39, 0.29) is 39.7 Å². The molecule has 2 aromatic rings. The van der Waals surface area contributed by atoms with Gasteiger partial charge in [-0.15, -0.1) is 0 Å². The topological polar surface area (TPSA) is 58.2 Å². The molecule has 1 unspecified atom stereocenters. The molecule has 0 aromatic heterocycles. The molecule has 2 amide bonds. The number of nitrogens with one attached hydrogen (secondary N) is 2. The maximum atomic E-state index is 12.8. The van der Waals surface area contributed by atoms with E-state index in [1.165, 1.54) is 19.1 Å². The maximum Gasteiger partial charge on any atom is 0.289 e. The number of rotatable bonds is 7. The van der Waals surface area contributed by atoms with Crippen molar-refractivity contribution in [1.82, 2.24) is 5.32 Å². The molecule has 9 heteroatoms. The first kappa shape index (κ1) is 21.5. The lowest BCUT2D eigenvalue weighted by atomic mass is 10.0. The third-order valence-corrected chi connectivity index (χ3v) is 5.02. The Bertz CT molecular complexity index is 820. The van der Waals surface area contributed by atoms with Crippen LogP contribution < -0.4 is 10.6 Å². The summed E-state index contributed by atoms with van der Waals surface area (Å²) < 4.78 is 25.5. The van der Waals surface area contributed by atoms with Crippen LogP contribution in [0.15, 0.2) is 47.4 Å². The second-order valence-electron chi connectivity index (χ2n) is 5.55. The van der Waals surface area contributed by atoms with Gasteiger partial charge in [0.1, 0.15) is 0 Å². The maximum absolute atomic E-state index is 12.8. The van der Waals surface area contributed by atoms with Gasteiger partial charge in [0, 0.05) is 11.9 Å². The van der Waals surface area contributed by atoms with Crippen LogP contribution in [0, 0.1) is 0 Å². The second kappa shape index (κ2) is 9.92. The highest BCUT2D eigenvalue weighted by atomic mass is 35.5. The minimum Gasteiger partial charge on any atom is -0.349 e. The smallest absolute Gasteiger partial charge is 0.289 e. The molecule has 0 heterocycles. The van der Waals surface area contributed by atoms with E-state index < -0.39 is 17.7 Å². The summed E-state index contributed by atoms with van der Waals surface area (Å²) in [6.45, 7) is 1.34. The Kier molecular flexibility index (Phi) is 7.89. The molecular weight excluding hydrogens is 417 g/mol. The van der Waals surface area contributed by atoms with Crippen molar-refractivity contribution >= 4 is 52.5 Å². The minimum atomic E-state index is -2.68. The molecule has 2 rings (SSSR count). The van der Waals surface area contributed by atoms with Crippen molar-refractivity contribution in [2.24, 2.45) is 0 Å². The van der Waals surface area contributed by atoms with Crippen molar-refractivity contribution in [2.75, 3.05) is 5.32 Å². The molecule has 27 heavy (non-hydrogen) atoms. The summed E-state index contributed by atoms with van der Waals surface area (Å²) in [6.07, 6.45) is -0.0908. The van der Waals surface area contributed by atoms with Crippen molar-refractivity contribution in [3.05, 3.63) is 58.1 Å². The lowest BCUT2D eigenvalue weighted by Gasteiger charge is -2.19. The van der Waals surface area contributed by atoms with Gasteiger partial charge in [-0.25, -0.2) is 0 Å². The average Bonchev–Trinajstić information content (AvgIpc) is 2.57. The van der Waals surface area contributed by atoms with Crippen LogP contribution in [-0.2, 0) is 9.59 Å². The van der Waals surface area contributed by atoms with Crippen molar-refractivity contribution < 1.29 is 18.4 Å². The molecule has 0 aliphatic rings. The predicted molar refractivity (Wildman–Crippen MR) is 105 cm³/mol. The van der Waals surface area contributed by atoms with Crippen molar-refractivity contribution in [2.45, 2.75) is 30.0 Å². The van der Waals surface area contributed by atoms with E-state index in [0.717, 1.165) is 0 Å². The van der Waals surface area contributed by atoms with Gasteiger partial charge in [-0.2, -0.15) is 8.78 Å². The van der Waals surface area contributed by atoms with Crippen molar-refractivity contribution in [3.8, 4) is 0 Å². The fourth-order valence-corrected chi connectivity index (χ4v) is 3.43.